The average Bonchev–Trinajstić information content (AvgIpc) is 2.78. The Kier molecular flexibility index (Phi) is 4.57. The van der Waals surface area contributed by atoms with E-state index in [0.29, 0.717) is 23.3 Å². The molecule has 0 unspecified atom stereocenters. The second-order valence-corrected chi connectivity index (χ2v) is 5.35. The fourth-order valence-corrected chi connectivity index (χ4v) is 2.63. The molecular formula is C12H14ClN3O2S. The maximum Gasteiger partial charge on any atom is 0.321 e. The number of urea groups is 1. The molecule has 19 heavy (non-hydrogen) atoms. The Balaban J connectivity index is 2.09. The van der Waals surface area contributed by atoms with Crippen LogP contribution in [0.25, 0.3) is 10.2 Å². The molecule has 2 amide bonds. The molecule has 1 aromatic heterocycles. The van der Waals surface area contributed by atoms with E-state index in [1.165, 1.54) is 11.3 Å². The zero-order valence-electron chi connectivity index (χ0n) is 10.6. The largest absolute Gasteiger partial charge is 0.383 e. The number of amides is 2. The molecule has 0 saturated heterocycles. The van der Waals surface area contributed by atoms with Crippen molar-refractivity contribution in [2.24, 2.45) is 0 Å². The van der Waals surface area contributed by atoms with Crippen LogP contribution < -0.4 is 10.6 Å². The van der Waals surface area contributed by atoms with Crippen LogP contribution in [-0.2, 0) is 4.74 Å². The summed E-state index contributed by atoms with van der Waals surface area (Å²) in [5, 5.41) is 6.59. The molecule has 0 aliphatic carbocycles. The third kappa shape index (κ3) is 3.34. The number of ether oxygens (including phenoxy) is 1. The molecule has 1 heterocycles. The van der Waals surface area contributed by atoms with E-state index in [0.717, 1.165) is 15.8 Å². The molecule has 102 valence electrons. The Hall–Kier alpha value is -1.37. The fourth-order valence-electron chi connectivity index (χ4n) is 1.56. The molecule has 1 aromatic carbocycles. The molecule has 2 aromatic rings. The lowest BCUT2D eigenvalue weighted by atomic mass is 10.2. The minimum absolute atomic E-state index is 0.292. The van der Waals surface area contributed by atoms with Crippen molar-refractivity contribution in [2.75, 3.05) is 25.6 Å². The van der Waals surface area contributed by atoms with Crippen LogP contribution in [0.2, 0.25) is 5.02 Å². The first kappa shape index (κ1) is 14.0. The van der Waals surface area contributed by atoms with Gasteiger partial charge in [-0.25, -0.2) is 9.78 Å². The molecule has 0 bridgehead atoms. The van der Waals surface area contributed by atoms with E-state index in [9.17, 15) is 4.79 Å². The SMILES string of the molecule is COCCNC(=O)Nc1nc2c(C)c(Cl)ccc2s1. The first-order valence-corrected chi connectivity index (χ1v) is 6.90. The summed E-state index contributed by atoms with van der Waals surface area (Å²) in [4.78, 5) is 16.0. The summed E-state index contributed by atoms with van der Waals surface area (Å²) < 4.78 is 5.84. The van der Waals surface area contributed by atoms with Crippen LogP contribution in [0.15, 0.2) is 12.1 Å². The number of anilines is 1. The second-order valence-electron chi connectivity index (χ2n) is 3.91. The number of aryl methyl sites for hydroxylation is 1. The molecule has 0 atom stereocenters. The van der Waals surface area contributed by atoms with E-state index in [1.54, 1.807) is 7.11 Å². The van der Waals surface area contributed by atoms with Crippen molar-refractivity contribution in [3.8, 4) is 0 Å². The maximum atomic E-state index is 11.6. The summed E-state index contributed by atoms with van der Waals surface area (Å²) in [6.07, 6.45) is 0. The van der Waals surface area contributed by atoms with Crippen molar-refractivity contribution in [1.82, 2.24) is 10.3 Å². The number of nitrogens with zero attached hydrogens (tertiary/aromatic N) is 1. The molecule has 0 aliphatic rings. The Morgan fingerprint density at radius 3 is 3.05 bits per heavy atom. The molecule has 0 spiro atoms. The van der Waals surface area contributed by atoms with Gasteiger partial charge in [0.05, 0.1) is 16.8 Å². The summed E-state index contributed by atoms with van der Waals surface area (Å²) in [5.41, 5.74) is 1.74. The number of aromatic nitrogens is 1. The van der Waals surface area contributed by atoms with Gasteiger partial charge >= 0.3 is 6.03 Å². The van der Waals surface area contributed by atoms with Gasteiger partial charge in [0.25, 0.3) is 0 Å². The number of halogens is 1. The van der Waals surface area contributed by atoms with Crippen molar-refractivity contribution in [3.63, 3.8) is 0 Å². The van der Waals surface area contributed by atoms with E-state index < -0.39 is 0 Å². The Bertz CT molecular complexity index is 600. The fraction of sp³-hybridized carbons (Fsp3) is 0.333. The first-order valence-electron chi connectivity index (χ1n) is 5.71. The quantitative estimate of drug-likeness (QED) is 0.853. The molecule has 0 radical (unpaired) electrons. The highest BCUT2D eigenvalue weighted by molar-refractivity contribution is 7.22. The van der Waals surface area contributed by atoms with E-state index in [2.05, 4.69) is 15.6 Å². The van der Waals surface area contributed by atoms with Gasteiger partial charge in [0.15, 0.2) is 5.13 Å². The molecule has 2 rings (SSSR count). The topological polar surface area (TPSA) is 63.2 Å². The number of thiazole rings is 1. The number of nitrogens with one attached hydrogen (secondary N) is 2. The van der Waals surface area contributed by atoms with E-state index >= 15 is 0 Å². The smallest absolute Gasteiger partial charge is 0.321 e. The number of rotatable bonds is 4. The van der Waals surface area contributed by atoms with Gasteiger partial charge in [-0.2, -0.15) is 0 Å². The number of carbonyl (C=O) groups excluding carboxylic acids is 1. The van der Waals surface area contributed by atoms with Crippen LogP contribution in [0, 0.1) is 6.92 Å². The molecular weight excluding hydrogens is 286 g/mol. The molecule has 7 heteroatoms. The summed E-state index contributed by atoms with van der Waals surface area (Å²) in [7, 11) is 1.58. The number of carbonyl (C=O) groups is 1. The monoisotopic (exact) mass is 299 g/mol. The number of hydrogen-bond donors (Lipinski definition) is 2. The summed E-state index contributed by atoms with van der Waals surface area (Å²) in [5.74, 6) is 0. The molecule has 0 aliphatic heterocycles. The van der Waals surface area contributed by atoms with Gasteiger partial charge in [-0.3, -0.25) is 5.32 Å². The summed E-state index contributed by atoms with van der Waals surface area (Å²) >= 11 is 7.45. The van der Waals surface area contributed by atoms with Crippen molar-refractivity contribution >= 4 is 44.3 Å². The van der Waals surface area contributed by atoms with Crippen molar-refractivity contribution in [1.29, 1.82) is 0 Å². The number of benzene rings is 1. The van der Waals surface area contributed by atoms with Crippen LogP contribution >= 0.6 is 22.9 Å². The normalized spacial score (nSPS) is 10.7. The van der Waals surface area contributed by atoms with Crippen LogP contribution in [0.5, 0.6) is 0 Å². The second kappa shape index (κ2) is 6.18. The van der Waals surface area contributed by atoms with Gasteiger partial charge < -0.3 is 10.1 Å². The predicted molar refractivity (Wildman–Crippen MR) is 78.3 cm³/mol. The standard InChI is InChI=1S/C12H14ClN3O2S/c1-7-8(13)3-4-9-10(7)15-12(19-9)16-11(17)14-5-6-18-2/h3-4H,5-6H2,1-2H3,(H2,14,15,16,17). The lowest BCUT2D eigenvalue weighted by molar-refractivity contribution is 0.198. The predicted octanol–water partition coefficient (Wildman–Crippen LogP) is 3.03. The Morgan fingerprint density at radius 1 is 1.53 bits per heavy atom. The van der Waals surface area contributed by atoms with Crippen LogP contribution in [-0.4, -0.2) is 31.3 Å². The number of fused-ring (bicyclic) bond motifs is 1. The first-order chi connectivity index (χ1) is 9.11. The summed E-state index contributed by atoms with van der Waals surface area (Å²) in [6.45, 7) is 2.84. The molecule has 0 fully saturated rings. The third-order valence-electron chi connectivity index (χ3n) is 2.56. The van der Waals surface area contributed by atoms with Gasteiger partial charge in [0.2, 0.25) is 0 Å². The van der Waals surface area contributed by atoms with Crippen LogP contribution in [0.1, 0.15) is 5.56 Å². The van der Waals surface area contributed by atoms with Gasteiger partial charge in [-0.1, -0.05) is 22.9 Å². The Morgan fingerprint density at radius 2 is 2.32 bits per heavy atom. The average molecular weight is 300 g/mol. The third-order valence-corrected chi connectivity index (χ3v) is 3.91. The number of hydrogen-bond acceptors (Lipinski definition) is 4. The lowest BCUT2D eigenvalue weighted by Crippen LogP contribution is -2.31. The lowest BCUT2D eigenvalue weighted by Gasteiger charge is -2.03. The van der Waals surface area contributed by atoms with Crippen LogP contribution in [0.3, 0.4) is 0 Å². The minimum atomic E-state index is -0.292. The number of methoxy groups -OCH3 is 1. The van der Waals surface area contributed by atoms with E-state index in [4.69, 9.17) is 16.3 Å². The van der Waals surface area contributed by atoms with Crippen LogP contribution in [0.4, 0.5) is 9.93 Å². The molecule has 0 saturated carbocycles. The van der Waals surface area contributed by atoms with Gasteiger partial charge in [0, 0.05) is 18.7 Å². The van der Waals surface area contributed by atoms with Gasteiger partial charge in [-0.05, 0) is 24.6 Å². The van der Waals surface area contributed by atoms with Crippen molar-refractivity contribution in [3.05, 3.63) is 22.7 Å². The minimum Gasteiger partial charge on any atom is -0.383 e. The van der Waals surface area contributed by atoms with Crippen molar-refractivity contribution < 1.29 is 9.53 Å². The van der Waals surface area contributed by atoms with Gasteiger partial charge in [0.1, 0.15) is 0 Å². The molecule has 2 N–H and O–H groups in total. The highest BCUT2D eigenvalue weighted by Crippen LogP contribution is 2.31. The zero-order chi connectivity index (χ0) is 13.8. The molecule has 5 nitrogen and oxygen atoms in total. The highest BCUT2D eigenvalue weighted by Gasteiger charge is 2.10. The van der Waals surface area contributed by atoms with E-state index in [-0.39, 0.29) is 6.03 Å². The van der Waals surface area contributed by atoms with Gasteiger partial charge in [-0.15, -0.1) is 0 Å². The zero-order valence-corrected chi connectivity index (χ0v) is 12.2. The Labute approximate surface area is 119 Å². The van der Waals surface area contributed by atoms with E-state index in [1.807, 2.05) is 19.1 Å². The highest BCUT2D eigenvalue weighted by atomic mass is 35.5. The summed E-state index contributed by atoms with van der Waals surface area (Å²) in [6, 6.07) is 3.44. The maximum absolute atomic E-state index is 11.6. The van der Waals surface area contributed by atoms with Crippen molar-refractivity contribution in [2.45, 2.75) is 6.92 Å².